The summed E-state index contributed by atoms with van der Waals surface area (Å²) in [6, 6.07) is 12.4. The maximum atomic E-state index is 6.27. The second-order valence-electron chi connectivity index (χ2n) is 4.77. The maximum absolute atomic E-state index is 6.27. The van der Waals surface area contributed by atoms with Gasteiger partial charge in [0.1, 0.15) is 0 Å². The predicted octanol–water partition coefficient (Wildman–Crippen LogP) is 5.57. The molecule has 20 heavy (non-hydrogen) atoms. The molecule has 2 aromatic carbocycles. The summed E-state index contributed by atoms with van der Waals surface area (Å²) in [5.74, 6) is 0. The summed E-state index contributed by atoms with van der Waals surface area (Å²) in [4.78, 5) is 0. The zero-order chi connectivity index (χ0) is 14.7. The second kappa shape index (κ2) is 6.95. The van der Waals surface area contributed by atoms with Crippen LogP contribution in [0, 0.1) is 6.92 Å². The molecule has 1 nitrogen and oxygen atoms in total. The van der Waals surface area contributed by atoms with E-state index in [4.69, 9.17) is 23.2 Å². The van der Waals surface area contributed by atoms with Crippen LogP contribution in [0.1, 0.15) is 22.7 Å². The summed E-state index contributed by atoms with van der Waals surface area (Å²) >= 11 is 15.9. The Balaban J connectivity index is 2.28. The maximum Gasteiger partial charge on any atom is 0.0624 e. The zero-order valence-corrected chi connectivity index (χ0v) is 14.5. The van der Waals surface area contributed by atoms with E-state index >= 15 is 0 Å². The van der Waals surface area contributed by atoms with E-state index in [-0.39, 0.29) is 6.04 Å². The molecular formula is C16H16BrCl2N. The van der Waals surface area contributed by atoms with Gasteiger partial charge in [0.05, 0.1) is 10.0 Å². The molecule has 0 aliphatic carbocycles. The Kier molecular flexibility index (Phi) is 5.50. The minimum absolute atomic E-state index is 0.206. The first-order valence-corrected chi connectivity index (χ1v) is 7.94. The molecule has 1 unspecified atom stereocenters. The average molecular weight is 373 g/mol. The first-order valence-electron chi connectivity index (χ1n) is 6.39. The largest absolute Gasteiger partial charge is 0.313 e. The van der Waals surface area contributed by atoms with E-state index in [1.54, 1.807) is 0 Å². The Morgan fingerprint density at radius 1 is 1.20 bits per heavy atom. The van der Waals surface area contributed by atoms with Gasteiger partial charge in [0.15, 0.2) is 0 Å². The van der Waals surface area contributed by atoms with Crippen molar-refractivity contribution in [1.82, 2.24) is 5.32 Å². The van der Waals surface area contributed by atoms with Crippen LogP contribution in [-0.4, -0.2) is 7.05 Å². The molecule has 106 valence electrons. The zero-order valence-electron chi connectivity index (χ0n) is 11.4. The van der Waals surface area contributed by atoms with Gasteiger partial charge < -0.3 is 5.32 Å². The molecule has 0 spiro atoms. The molecule has 0 heterocycles. The third-order valence-corrected chi connectivity index (χ3v) is 5.14. The highest BCUT2D eigenvalue weighted by Gasteiger charge is 2.14. The highest BCUT2D eigenvalue weighted by atomic mass is 79.9. The molecule has 0 aliphatic rings. The van der Waals surface area contributed by atoms with Crippen LogP contribution < -0.4 is 5.32 Å². The smallest absolute Gasteiger partial charge is 0.0624 e. The molecule has 0 fully saturated rings. The normalized spacial score (nSPS) is 12.4. The highest BCUT2D eigenvalue weighted by Crippen LogP contribution is 2.30. The van der Waals surface area contributed by atoms with Gasteiger partial charge in [-0.1, -0.05) is 63.4 Å². The molecule has 0 bridgehead atoms. The standard InChI is InChI=1S/C16H16BrCl2N/c1-10-8-11(6-7-13(10)17)15(20-2)9-12-4-3-5-14(18)16(12)19/h3-8,15,20H,9H2,1-2H3. The topological polar surface area (TPSA) is 12.0 Å². The third-order valence-electron chi connectivity index (χ3n) is 3.39. The van der Waals surface area contributed by atoms with Crippen LogP contribution in [0.15, 0.2) is 40.9 Å². The van der Waals surface area contributed by atoms with Crippen molar-refractivity contribution >= 4 is 39.1 Å². The number of benzene rings is 2. The van der Waals surface area contributed by atoms with Crippen molar-refractivity contribution in [3.05, 3.63) is 67.6 Å². The third kappa shape index (κ3) is 3.56. The molecule has 0 saturated heterocycles. The molecule has 0 saturated carbocycles. The van der Waals surface area contributed by atoms with Crippen LogP contribution in [0.4, 0.5) is 0 Å². The Morgan fingerprint density at radius 2 is 1.95 bits per heavy atom. The SMILES string of the molecule is CNC(Cc1cccc(Cl)c1Cl)c1ccc(Br)c(C)c1. The van der Waals surface area contributed by atoms with Gasteiger partial charge in [-0.3, -0.25) is 0 Å². The minimum Gasteiger partial charge on any atom is -0.313 e. The fourth-order valence-corrected chi connectivity index (χ4v) is 2.84. The Morgan fingerprint density at radius 3 is 2.60 bits per heavy atom. The lowest BCUT2D eigenvalue weighted by atomic mass is 9.97. The van der Waals surface area contributed by atoms with Crippen molar-refractivity contribution < 1.29 is 0 Å². The van der Waals surface area contributed by atoms with Crippen LogP contribution >= 0.6 is 39.1 Å². The van der Waals surface area contributed by atoms with Crippen molar-refractivity contribution in [2.45, 2.75) is 19.4 Å². The van der Waals surface area contributed by atoms with E-state index in [1.165, 1.54) is 11.1 Å². The van der Waals surface area contributed by atoms with Crippen molar-refractivity contribution in [3.63, 3.8) is 0 Å². The van der Waals surface area contributed by atoms with Gasteiger partial charge in [-0.15, -0.1) is 0 Å². The van der Waals surface area contributed by atoms with Gasteiger partial charge in [0.2, 0.25) is 0 Å². The van der Waals surface area contributed by atoms with E-state index in [1.807, 2.05) is 25.2 Å². The summed E-state index contributed by atoms with van der Waals surface area (Å²) in [6.07, 6.45) is 0.803. The first kappa shape index (κ1) is 15.8. The van der Waals surface area contributed by atoms with Crippen LogP contribution in [0.5, 0.6) is 0 Å². The van der Waals surface area contributed by atoms with Crippen molar-refractivity contribution in [2.75, 3.05) is 7.05 Å². The van der Waals surface area contributed by atoms with E-state index in [9.17, 15) is 0 Å². The molecule has 0 amide bonds. The van der Waals surface area contributed by atoms with Gasteiger partial charge in [0, 0.05) is 10.5 Å². The van der Waals surface area contributed by atoms with Crippen LogP contribution in [0.3, 0.4) is 0 Å². The van der Waals surface area contributed by atoms with Gasteiger partial charge in [-0.2, -0.15) is 0 Å². The Bertz CT molecular complexity index is 613. The number of halogens is 3. The predicted molar refractivity (Wildman–Crippen MR) is 90.8 cm³/mol. The van der Waals surface area contributed by atoms with E-state index < -0.39 is 0 Å². The van der Waals surface area contributed by atoms with E-state index in [0.29, 0.717) is 10.0 Å². The second-order valence-corrected chi connectivity index (χ2v) is 6.41. The molecule has 2 rings (SSSR count). The lowest BCUT2D eigenvalue weighted by Crippen LogP contribution is -2.19. The number of nitrogens with one attached hydrogen (secondary N) is 1. The summed E-state index contributed by atoms with van der Waals surface area (Å²) in [7, 11) is 1.96. The quantitative estimate of drug-likeness (QED) is 0.739. The van der Waals surface area contributed by atoms with Crippen LogP contribution in [-0.2, 0) is 6.42 Å². The first-order chi connectivity index (χ1) is 9.52. The van der Waals surface area contributed by atoms with E-state index in [2.05, 4.69) is 46.4 Å². The van der Waals surface area contributed by atoms with Gasteiger partial charge in [0.25, 0.3) is 0 Å². The molecule has 2 aromatic rings. The summed E-state index contributed by atoms with van der Waals surface area (Å²) < 4.78 is 1.12. The Labute approximate surface area is 138 Å². The lowest BCUT2D eigenvalue weighted by Gasteiger charge is -2.19. The fraction of sp³-hybridized carbons (Fsp3) is 0.250. The van der Waals surface area contributed by atoms with Gasteiger partial charge in [-0.05, 0) is 49.2 Å². The van der Waals surface area contributed by atoms with Crippen LogP contribution in [0.2, 0.25) is 10.0 Å². The monoisotopic (exact) mass is 371 g/mol. The van der Waals surface area contributed by atoms with Crippen LogP contribution in [0.25, 0.3) is 0 Å². The summed E-state index contributed by atoms with van der Waals surface area (Å²) in [5, 5.41) is 4.59. The molecular weight excluding hydrogens is 357 g/mol. The minimum atomic E-state index is 0.206. The lowest BCUT2D eigenvalue weighted by molar-refractivity contribution is 0.591. The number of hydrogen-bond acceptors (Lipinski definition) is 1. The van der Waals surface area contributed by atoms with E-state index in [0.717, 1.165) is 16.5 Å². The number of hydrogen-bond donors (Lipinski definition) is 1. The number of likely N-dealkylation sites (N-methyl/N-ethyl adjacent to an activating group) is 1. The molecule has 0 aromatic heterocycles. The van der Waals surface area contributed by atoms with Crippen molar-refractivity contribution in [3.8, 4) is 0 Å². The molecule has 1 atom stereocenters. The Hall–Kier alpha value is -0.540. The molecule has 1 N–H and O–H groups in total. The number of aryl methyl sites for hydroxylation is 1. The highest BCUT2D eigenvalue weighted by molar-refractivity contribution is 9.10. The summed E-state index contributed by atoms with van der Waals surface area (Å²) in [6.45, 7) is 2.09. The molecule has 0 aliphatic heterocycles. The van der Waals surface area contributed by atoms with Gasteiger partial charge in [-0.25, -0.2) is 0 Å². The number of rotatable bonds is 4. The fourth-order valence-electron chi connectivity index (χ4n) is 2.20. The van der Waals surface area contributed by atoms with Gasteiger partial charge >= 0.3 is 0 Å². The van der Waals surface area contributed by atoms with Crippen molar-refractivity contribution in [2.24, 2.45) is 0 Å². The molecule has 0 radical (unpaired) electrons. The molecule has 4 heteroatoms. The summed E-state index contributed by atoms with van der Waals surface area (Å²) in [5.41, 5.74) is 3.52. The average Bonchev–Trinajstić information content (AvgIpc) is 2.44. The van der Waals surface area contributed by atoms with Crippen molar-refractivity contribution in [1.29, 1.82) is 0 Å².